The number of carbonyl (C=O) groups excluding carboxylic acids is 2. The van der Waals surface area contributed by atoms with Crippen LogP contribution in [0.15, 0.2) is 0 Å². The predicted octanol–water partition coefficient (Wildman–Crippen LogP) is 3.34. The lowest BCUT2D eigenvalue weighted by atomic mass is 9.93. The number of methoxy groups -OCH3 is 1. The Morgan fingerprint density at radius 2 is 1.81 bits per heavy atom. The van der Waals surface area contributed by atoms with Crippen molar-refractivity contribution in [2.45, 2.75) is 72.3 Å². The van der Waals surface area contributed by atoms with E-state index in [0.717, 1.165) is 25.7 Å². The monoisotopic (exact) mass is 299 g/mol. The van der Waals surface area contributed by atoms with Crippen LogP contribution in [0, 0.1) is 11.8 Å². The Hall–Kier alpha value is -0.900. The summed E-state index contributed by atoms with van der Waals surface area (Å²) in [6.07, 6.45) is 4.89. The quantitative estimate of drug-likeness (QED) is 0.562. The van der Waals surface area contributed by atoms with Crippen molar-refractivity contribution in [1.82, 2.24) is 5.32 Å². The molecular formula is C17H33NO3. The van der Waals surface area contributed by atoms with E-state index in [1.807, 2.05) is 6.92 Å². The molecule has 1 N–H and O–H groups in total. The largest absolute Gasteiger partial charge is 0.383 e. The van der Waals surface area contributed by atoms with Crippen LogP contribution in [0.4, 0.5) is 0 Å². The maximum Gasteiger partial charge on any atom is 0.223 e. The van der Waals surface area contributed by atoms with Crippen LogP contribution in [0.25, 0.3) is 0 Å². The molecule has 0 aromatic rings. The SMILES string of the molecule is CCCCCC(CC(=O)CC)C(=O)NC(COC)C(C)C. The number of hydrogen-bond acceptors (Lipinski definition) is 3. The van der Waals surface area contributed by atoms with Gasteiger partial charge in [-0.25, -0.2) is 0 Å². The highest BCUT2D eigenvalue weighted by atomic mass is 16.5. The molecule has 0 saturated heterocycles. The fourth-order valence-electron chi connectivity index (χ4n) is 2.27. The van der Waals surface area contributed by atoms with Gasteiger partial charge in [0.25, 0.3) is 0 Å². The van der Waals surface area contributed by atoms with E-state index in [1.54, 1.807) is 7.11 Å². The van der Waals surface area contributed by atoms with Gasteiger partial charge in [0.05, 0.1) is 12.6 Å². The van der Waals surface area contributed by atoms with Crippen molar-refractivity contribution in [3.8, 4) is 0 Å². The molecule has 1 amide bonds. The summed E-state index contributed by atoms with van der Waals surface area (Å²) in [7, 11) is 1.64. The van der Waals surface area contributed by atoms with Crippen molar-refractivity contribution in [3.63, 3.8) is 0 Å². The summed E-state index contributed by atoms with van der Waals surface area (Å²) >= 11 is 0. The van der Waals surface area contributed by atoms with E-state index in [2.05, 4.69) is 26.1 Å². The average molecular weight is 299 g/mol. The van der Waals surface area contributed by atoms with Gasteiger partial charge in [0.2, 0.25) is 5.91 Å². The molecule has 0 aliphatic heterocycles. The van der Waals surface area contributed by atoms with E-state index in [-0.39, 0.29) is 23.7 Å². The molecule has 0 radical (unpaired) electrons. The first-order valence-corrected chi connectivity index (χ1v) is 8.27. The van der Waals surface area contributed by atoms with Crippen LogP contribution in [-0.4, -0.2) is 31.4 Å². The van der Waals surface area contributed by atoms with E-state index in [1.165, 1.54) is 0 Å². The number of ketones is 1. The van der Waals surface area contributed by atoms with Crippen LogP contribution in [-0.2, 0) is 14.3 Å². The standard InChI is InChI=1S/C17H33NO3/c1-6-8-9-10-14(11-15(19)7-2)17(20)18-16(12-21-5)13(3)4/h13-14,16H,6-12H2,1-5H3,(H,18,20). The number of amides is 1. The maximum absolute atomic E-state index is 12.5. The number of unbranched alkanes of at least 4 members (excludes halogenated alkanes) is 2. The minimum absolute atomic E-state index is 0.00338. The van der Waals surface area contributed by atoms with Gasteiger partial charge in [-0.05, 0) is 12.3 Å². The van der Waals surface area contributed by atoms with Gasteiger partial charge in [0.15, 0.2) is 0 Å². The molecule has 0 saturated carbocycles. The maximum atomic E-state index is 12.5. The van der Waals surface area contributed by atoms with Crippen LogP contribution in [0.3, 0.4) is 0 Å². The molecule has 0 aliphatic rings. The van der Waals surface area contributed by atoms with E-state index >= 15 is 0 Å². The molecule has 2 atom stereocenters. The van der Waals surface area contributed by atoms with Gasteiger partial charge in [-0.15, -0.1) is 0 Å². The molecule has 0 bridgehead atoms. The van der Waals surface area contributed by atoms with Crippen LogP contribution in [0.5, 0.6) is 0 Å². The third kappa shape index (κ3) is 8.86. The van der Waals surface area contributed by atoms with Gasteiger partial charge in [-0.1, -0.05) is 47.0 Å². The van der Waals surface area contributed by atoms with Crippen molar-refractivity contribution in [3.05, 3.63) is 0 Å². The fourth-order valence-corrected chi connectivity index (χ4v) is 2.27. The van der Waals surface area contributed by atoms with E-state index in [4.69, 9.17) is 4.74 Å². The van der Waals surface area contributed by atoms with E-state index in [9.17, 15) is 9.59 Å². The third-order valence-electron chi connectivity index (χ3n) is 3.87. The van der Waals surface area contributed by atoms with Crippen molar-refractivity contribution in [1.29, 1.82) is 0 Å². The lowest BCUT2D eigenvalue weighted by Crippen LogP contribution is -2.44. The summed E-state index contributed by atoms with van der Waals surface area (Å²) in [5.74, 6) is 0.289. The Balaban J connectivity index is 4.62. The molecule has 0 heterocycles. The number of rotatable bonds is 12. The van der Waals surface area contributed by atoms with E-state index in [0.29, 0.717) is 25.4 Å². The molecule has 0 aliphatic carbocycles. The Labute approximate surface area is 130 Å². The Kier molecular flexibility index (Phi) is 11.2. The highest BCUT2D eigenvalue weighted by Gasteiger charge is 2.24. The van der Waals surface area contributed by atoms with Gasteiger partial charge in [0, 0.05) is 25.9 Å². The molecule has 0 spiro atoms. The average Bonchev–Trinajstić information content (AvgIpc) is 2.45. The molecule has 0 fully saturated rings. The summed E-state index contributed by atoms with van der Waals surface area (Å²) in [6, 6.07) is 0.00732. The van der Waals surface area contributed by atoms with Gasteiger partial charge in [-0.3, -0.25) is 9.59 Å². The molecule has 21 heavy (non-hydrogen) atoms. The number of carbonyl (C=O) groups is 2. The first-order valence-electron chi connectivity index (χ1n) is 8.27. The summed E-state index contributed by atoms with van der Waals surface area (Å²) in [6.45, 7) is 8.62. The first kappa shape index (κ1) is 20.1. The van der Waals surface area contributed by atoms with Gasteiger partial charge >= 0.3 is 0 Å². The molecule has 0 rings (SSSR count). The van der Waals surface area contributed by atoms with E-state index < -0.39 is 0 Å². The third-order valence-corrected chi connectivity index (χ3v) is 3.87. The summed E-state index contributed by atoms with van der Waals surface area (Å²) in [4.78, 5) is 24.2. The molecule has 4 heteroatoms. The van der Waals surface area contributed by atoms with Crippen molar-refractivity contribution < 1.29 is 14.3 Å². The second kappa shape index (κ2) is 11.7. The molecule has 4 nitrogen and oxygen atoms in total. The second-order valence-corrected chi connectivity index (χ2v) is 6.10. The topological polar surface area (TPSA) is 55.4 Å². The first-order chi connectivity index (χ1) is 9.96. The normalized spacial score (nSPS) is 14.0. The zero-order valence-electron chi connectivity index (χ0n) is 14.4. The zero-order chi connectivity index (χ0) is 16.3. The van der Waals surface area contributed by atoms with Crippen LogP contribution < -0.4 is 5.32 Å². The summed E-state index contributed by atoms with van der Waals surface area (Å²) < 4.78 is 5.17. The van der Waals surface area contributed by atoms with Crippen molar-refractivity contribution in [2.24, 2.45) is 11.8 Å². The smallest absolute Gasteiger partial charge is 0.223 e. The minimum Gasteiger partial charge on any atom is -0.383 e. The zero-order valence-corrected chi connectivity index (χ0v) is 14.4. The number of Topliss-reactive ketones (excluding diaryl/α,β-unsaturated/α-hetero) is 1. The van der Waals surface area contributed by atoms with Crippen molar-refractivity contribution in [2.75, 3.05) is 13.7 Å². The molecule has 0 aromatic carbocycles. The van der Waals surface area contributed by atoms with Crippen LogP contribution in [0.2, 0.25) is 0 Å². The Morgan fingerprint density at radius 1 is 1.14 bits per heavy atom. The lowest BCUT2D eigenvalue weighted by Gasteiger charge is -2.24. The summed E-state index contributed by atoms with van der Waals surface area (Å²) in [5.41, 5.74) is 0. The number of ether oxygens (including phenoxy) is 1. The Bertz CT molecular complexity index is 302. The number of nitrogens with one attached hydrogen (secondary N) is 1. The lowest BCUT2D eigenvalue weighted by molar-refractivity contribution is -0.130. The molecule has 124 valence electrons. The molecule has 0 aromatic heterocycles. The summed E-state index contributed by atoms with van der Waals surface area (Å²) in [5, 5.41) is 3.06. The van der Waals surface area contributed by atoms with Crippen LogP contribution in [0.1, 0.15) is 66.2 Å². The predicted molar refractivity (Wildman–Crippen MR) is 86.2 cm³/mol. The minimum atomic E-state index is -0.192. The number of hydrogen-bond donors (Lipinski definition) is 1. The second-order valence-electron chi connectivity index (χ2n) is 6.10. The Morgan fingerprint density at radius 3 is 2.29 bits per heavy atom. The van der Waals surface area contributed by atoms with Crippen molar-refractivity contribution >= 4 is 11.7 Å². The van der Waals surface area contributed by atoms with Gasteiger partial charge in [0.1, 0.15) is 5.78 Å². The van der Waals surface area contributed by atoms with Crippen LogP contribution >= 0.6 is 0 Å². The molecular weight excluding hydrogens is 266 g/mol. The highest BCUT2D eigenvalue weighted by molar-refractivity contribution is 5.86. The van der Waals surface area contributed by atoms with Gasteiger partial charge < -0.3 is 10.1 Å². The fraction of sp³-hybridized carbons (Fsp3) is 0.882. The van der Waals surface area contributed by atoms with Gasteiger partial charge in [-0.2, -0.15) is 0 Å². The molecule has 2 unspecified atom stereocenters. The highest BCUT2D eigenvalue weighted by Crippen LogP contribution is 2.16.